The van der Waals surface area contributed by atoms with E-state index in [4.69, 9.17) is 4.74 Å². The van der Waals surface area contributed by atoms with E-state index in [9.17, 15) is 9.59 Å². The van der Waals surface area contributed by atoms with Crippen molar-refractivity contribution in [2.24, 2.45) is 0 Å². The maximum atomic E-state index is 13.2. The number of ketones is 2. The van der Waals surface area contributed by atoms with E-state index in [1.54, 1.807) is 12.1 Å². The average molecular weight is 368 g/mol. The Labute approximate surface area is 164 Å². The first-order valence-electron chi connectivity index (χ1n) is 9.29. The number of carbonyl (C=O) groups excluding carboxylic acids is 2. The summed E-state index contributed by atoms with van der Waals surface area (Å²) in [5.74, 6) is 0.241. The summed E-state index contributed by atoms with van der Waals surface area (Å²) < 4.78 is 5.73. The van der Waals surface area contributed by atoms with Crippen LogP contribution in [0.2, 0.25) is 0 Å². The summed E-state index contributed by atoms with van der Waals surface area (Å²) in [6, 6.07) is 24.2. The molecule has 138 valence electrons. The number of fused-ring (bicyclic) bond motifs is 1. The first kappa shape index (κ1) is 17.9. The number of hydrogen-bond donors (Lipinski definition) is 0. The Kier molecular flexibility index (Phi) is 4.90. The lowest BCUT2D eigenvalue weighted by Crippen LogP contribution is -2.20. The van der Waals surface area contributed by atoms with E-state index in [1.807, 2.05) is 73.7 Å². The zero-order chi connectivity index (χ0) is 19.5. The van der Waals surface area contributed by atoms with Gasteiger partial charge >= 0.3 is 0 Å². The Morgan fingerprint density at radius 2 is 1.50 bits per heavy atom. The van der Waals surface area contributed by atoms with Crippen LogP contribution in [0.25, 0.3) is 0 Å². The van der Waals surface area contributed by atoms with Gasteiger partial charge in [-0.15, -0.1) is 0 Å². The molecule has 0 saturated carbocycles. The number of benzene rings is 3. The highest BCUT2D eigenvalue weighted by Gasteiger charge is 2.31. The predicted octanol–water partition coefficient (Wildman–Crippen LogP) is 5.51. The number of allylic oxidation sites excluding steroid dienone is 1. The monoisotopic (exact) mass is 368 g/mol. The quantitative estimate of drug-likeness (QED) is 0.558. The molecule has 0 spiro atoms. The van der Waals surface area contributed by atoms with Gasteiger partial charge < -0.3 is 4.74 Å². The maximum absolute atomic E-state index is 13.2. The second-order valence-corrected chi connectivity index (χ2v) is 6.97. The van der Waals surface area contributed by atoms with Crippen molar-refractivity contribution in [1.29, 1.82) is 0 Å². The second-order valence-electron chi connectivity index (χ2n) is 6.97. The summed E-state index contributed by atoms with van der Waals surface area (Å²) >= 11 is 0. The van der Waals surface area contributed by atoms with Crippen molar-refractivity contribution >= 4 is 11.6 Å². The van der Waals surface area contributed by atoms with E-state index in [1.165, 1.54) is 6.26 Å². The molecule has 0 saturated heterocycles. The van der Waals surface area contributed by atoms with Crippen LogP contribution in [0.3, 0.4) is 0 Å². The van der Waals surface area contributed by atoms with Crippen LogP contribution in [0, 0.1) is 6.92 Å². The third kappa shape index (κ3) is 3.52. The van der Waals surface area contributed by atoms with Crippen LogP contribution in [0.15, 0.2) is 90.7 Å². The lowest BCUT2D eigenvalue weighted by atomic mass is 9.81. The van der Waals surface area contributed by atoms with Gasteiger partial charge in [0.15, 0.2) is 11.6 Å². The summed E-state index contributed by atoms with van der Waals surface area (Å²) in [6.07, 6.45) is 1.72. The molecule has 3 heteroatoms. The molecule has 1 heterocycles. The van der Waals surface area contributed by atoms with Crippen molar-refractivity contribution < 1.29 is 14.3 Å². The molecule has 0 fully saturated rings. The second kappa shape index (κ2) is 7.65. The summed E-state index contributed by atoms with van der Waals surface area (Å²) in [6.45, 7) is 1.98. The highest BCUT2D eigenvalue weighted by Crippen LogP contribution is 2.40. The van der Waals surface area contributed by atoms with Crippen molar-refractivity contribution in [2.75, 3.05) is 0 Å². The molecule has 3 nitrogen and oxygen atoms in total. The Hall–Kier alpha value is -3.46. The molecular weight excluding hydrogens is 348 g/mol. The van der Waals surface area contributed by atoms with Gasteiger partial charge in [0.2, 0.25) is 0 Å². The van der Waals surface area contributed by atoms with Gasteiger partial charge in [0.25, 0.3) is 0 Å². The van der Waals surface area contributed by atoms with E-state index in [0.717, 1.165) is 11.1 Å². The summed E-state index contributed by atoms with van der Waals surface area (Å²) in [7, 11) is 0. The highest BCUT2D eigenvalue weighted by molar-refractivity contribution is 6.10. The zero-order valence-corrected chi connectivity index (χ0v) is 15.6. The van der Waals surface area contributed by atoms with Crippen LogP contribution in [0.5, 0.6) is 5.75 Å². The van der Waals surface area contributed by atoms with E-state index >= 15 is 0 Å². The normalized spacial score (nSPS) is 15.2. The molecule has 0 unspecified atom stereocenters. The van der Waals surface area contributed by atoms with E-state index in [-0.39, 0.29) is 23.9 Å². The summed E-state index contributed by atoms with van der Waals surface area (Å²) in [5.41, 5.74) is 3.70. The van der Waals surface area contributed by atoms with Crippen LogP contribution >= 0.6 is 0 Å². The Bertz CT molecular complexity index is 1050. The van der Waals surface area contributed by atoms with Gasteiger partial charge in [-0.05, 0) is 13.0 Å². The first-order chi connectivity index (χ1) is 13.6. The fourth-order valence-electron chi connectivity index (χ4n) is 3.48. The van der Waals surface area contributed by atoms with Gasteiger partial charge in [0.1, 0.15) is 5.75 Å². The van der Waals surface area contributed by atoms with E-state index < -0.39 is 0 Å². The molecule has 0 amide bonds. The van der Waals surface area contributed by atoms with Crippen LogP contribution in [-0.4, -0.2) is 11.6 Å². The van der Waals surface area contributed by atoms with Gasteiger partial charge in [-0.3, -0.25) is 9.59 Å². The van der Waals surface area contributed by atoms with Gasteiger partial charge in [0, 0.05) is 34.6 Å². The average Bonchev–Trinajstić information content (AvgIpc) is 2.74. The van der Waals surface area contributed by atoms with Crippen molar-refractivity contribution in [3.05, 3.63) is 113 Å². The van der Waals surface area contributed by atoms with E-state index in [0.29, 0.717) is 22.4 Å². The standard InChI is InChI=1S/C25H20O3/c1-17-11-13-19(14-12-17)25(27)22-16-28-24-10-6-5-9-20(24)21(22)15-23(26)18-7-3-2-4-8-18/h2-14,16,21H,15H2,1H3/t21-/m0/s1. The van der Waals surface area contributed by atoms with Crippen LogP contribution in [0.1, 0.15) is 44.2 Å². The molecule has 0 aliphatic carbocycles. The minimum atomic E-state index is -0.341. The Morgan fingerprint density at radius 1 is 0.821 bits per heavy atom. The number of hydrogen-bond acceptors (Lipinski definition) is 3. The van der Waals surface area contributed by atoms with Crippen molar-refractivity contribution in [3.8, 4) is 5.75 Å². The molecule has 0 N–H and O–H groups in total. The molecular formula is C25H20O3. The van der Waals surface area contributed by atoms with Crippen molar-refractivity contribution in [3.63, 3.8) is 0 Å². The molecule has 4 rings (SSSR count). The SMILES string of the molecule is Cc1ccc(C(=O)C2=COc3ccccc3[C@@H]2CC(=O)c2ccccc2)cc1. The number of ether oxygens (including phenoxy) is 1. The Balaban J connectivity index is 1.70. The van der Waals surface area contributed by atoms with Crippen molar-refractivity contribution in [2.45, 2.75) is 19.3 Å². The molecule has 28 heavy (non-hydrogen) atoms. The predicted molar refractivity (Wildman–Crippen MR) is 109 cm³/mol. The number of rotatable bonds is 5. The molecule has 1 aliphatic rings. The highest BCUT2D eigenvalue weighted by atomic mass is 16.5. The van der Waals surface area contributed by atoms with E-state index in [2.05, 4.69) is 0 Å². The minimum absolute atomic E-state index is 0.00455. The lowest BCUT2D eigenvalue weighted by molar-refractivity contribution is 0.0969. The van der Waals surface area contributed by atoms with Crippen LogP contribution < -0.4 is 4.74 Å². The molecule has 3 aromatic rings. The van der Waals surface area contributed by atoms with Gasteiger partial charge in [-0.25, -0.2) is 0 Å². The topological polar surface area (TPSA) is 43.4 Å². The van der Waals surface area contributed by atoms with Crippen LogP contribution in [-0.2, 0) is 0 Å². The number of carbonyl (C=O) groups is 2. The zero-order valence-electron chi connectivity index (χ0n) is 15.6. The smallest absolute Gasteiger partial charge is 0.192 e. The lowest BCUT2D eigenvalue weighted by Gasteiger charge is -2.26. The summed E-state index contributed by atoms with van der Waals surface area (Å²) in [5, 5.41) is 0. The molecule has 0 aromatic heterocycles. The molecule has 0 radical (unpaired) electrons. The third-order valence-corrected chi connectivity index (χ3v) is 5.04. The number of para-hydroxylation sites is 1. The maximum Gasteiger partial charge on any atom is 0.192 e. The van der Waals surface area contributed by atoms with Crippen molar-refractivity contribution in [1.82, 2.24) is 0 Å². The van der Waals surface area contributed by atoms with Gasteiger partial charge in [-0.1, -0.05) is 78.4 Å². The molecule has 3 aromatic carbocycles. The Morgan fingerprint density at radius 3 is 2.25 bits per heavy atom. The molecule has 1 aliphatic heterocycles. The van der Waals surface area contributed by atoms with Gasteiger partial charge in [-0.2, -0.15) is 0 Å². The first-order valence-corrected chi connectivity index (χ1v) is 9.29. The fraction of sp³-hybridized carbons (Fsp3) is 0.120. The van der Waals surface area contributed by atoms with Gasteiger partial charge in [0.05, 0.1) is 6.26 Å². The largest absolute Gasteiger partial charge is 0.464 e. The molecule has 1 atom stereocenters. The minimum Gasteiger partial charge on any atom is -0.464 e. The molecule has 0 bridgehead atoms. The fourth-order valence-corrected chi connectivity index (χ4v) is 3.48. The summed E-state index contributed by atoms with van der Waals surface area (Å²) in [4.78, 5) is 26.1. The number of aryl methyl sites for hydroxylation is 1. The number of Topliss-reactive ketones (excluding diaryl/α,β-unsaturated/α-hetero) is 2. The van der Waals surface area contributed by atoms with Crippen LogP contribution in [0.4, 0.5) is 0 Å². The third-order valence-electron chi connectivity index (χ3n) is 5.04.